The Hall–Kier alpha value is -3.25. The second-order valence-electron chi connectivity index (χ2n) is 7.13. The molecule has 1 amide bonds. The zero-order valence-electron chi connectivity index (χ0n) is 16.5. The van der Waals surface area contributed by atoms with E-state index < -0.39 is 0 Å². The standard InChI is InChI=1S/C23H24N4O2/c1-18-24-22(29-25-18)20-9-11-21(12-10-20)23(28)27-16-14-26(15-17-27)13-5-8-19-6-3-2-4-7-19/h2-12H,13-17H2,1H3/b8-5+. The van der Waals surface area contributed by atoms with Crippen LogP contribution in [0.1, 0.15) is 21.7 Å². The van der Waals surface area contributed by atoms with Crippen LogP contribution in [-0.2, 0) is 0 Å². The van der Waals surface area contributed by atoms with Crippen molar-refractivity contribution in [2.75, 3.05) is 32.7 Å². The molecule has 29 heavy (non-hydrogen) atoms. The average molecular weight is 388 g/mol. The van der Waals surface area contributed by atoms with Gasteiger partial charge >= 0.3 is 0 Å². The van der Waals surface area contributed by atoms with Gasteiger partial charge in [0, 0.05) is 43.9 Å². The lowest BCUT2D eigenvalue weighted by atomic mass is 10.1. The molecular formula is C23H24N4O2. The third-order valence-electron chi connectivity index (χ3n) is 5.04. The Bertz CT molecular complexity index is 972. The molecule has 0 aliphatic carbocycles. The van der Waals surface area contributed by atoms with Gasteiger partial charge in [0.2, 0.25) is 0 Å². The van der Waals surface area contributed by atoms with Gasteiger partial charge in [-0.1, -0.05) is 47.6 Å². The molecule has 2 heterocycles. The first-order valence-electron chi connectivity index (χ1n) is 9.83. The summed E-state index contributed by atoms with van der Waals surface area (Å²) < 4.78 is 5.17. The van der Waals surface area contributed by atoms with E-state index in [9.17, 15) is 4.79 Å². The number of hydrogen-bond donors (Lipinski definition) is 0. The van der Waals surface area contributed by atoms with E-state index in [1.54, 1.807) is 6.92 Å². The van der Waals surface area contributed by atoms with Crippen molar-refractivity contribution in [2.24, 2.45) is 0 Å². The number of rotatable bonds is 5. The van der Waals surface area contributed by atoms with E-state index >= 15 is 0 Å². The van der Waals surface area contributed by atoms with Crippen LogP contribution in [0.3, 0.4) is 0 Å². The van der Waals surface area contributed by atoms with Gasteiger partial charge in [-0.05, 0) is 36.8 Å². The Labute approximate surface area is 170 Å². The number of carbonyl (C=O) groups excluding carboxylic acids is 1. The second-order valence-corrected chi connectivity index (χ2v) is 7.13. The van der Waals surface area contributed by atoms with Gasteiger partial charge in [-0.15, -0.1) is 0 Å². The number of benzene rings is 2. The molecule has 2 aromatic carbocycles. The third kappa shape index (κ3) is 4.78. The van der Waals surface area contributed by atoms with E-state index in [2.05, 4.69) is 39.3 Å². The first kappa shape index (κ1) is 19.1. The molecule has 4 rings (SSSR count). The fourth-order valence-electron chi connectivity index (χ4n) is 3.39. The van der Waals surface area contributed by atoms with Gasteiger partial charge in [0.15, 0.2) is 5.82 Å². The summed E-state index contributed by atoms with van der Waals surface area (Å²) >= 11 is 0. The molecule has 0 N–H and O–H groups in total. The van der Waals surface area contributed by atoms with Crippen LogP contribution in [0.4, 0.5) is 0 Å². The number of nitrogens with zero attached hydrogens (tertiary/aromatic N) is 4. The SMILES string of the molecule is Cc1noc(-c2ccc(C(=O)N3CCN(C/C=C/c4ccccc4)CC3)cc2)n1. The molecule has 148 valence electrons. The summed E-state index contributed by atoms with van der Waals surface area (Å²) in [7, 11) is 0. The molecule has 1 aliphatic rings. The fourth-order valence-corrected chi connectivity index (χ4v) is 3.39. The lowest BCUT2D eigenvalue weighted by Gasteiger charge is -2.34. The van der Waals surface area contributed by atoms with Crippen LogP contribution in [0, 0.1) is 6.92 Å². The molecule has 0 spiro atoms. The number of hydrogen-bond acceptors (Lipinski definition) is 5. The summed E-state index contributed by atoms with van der Waals surface area (Å²) in [4.78, 5) is 21.3. The van der Waals surface area contributed by atoms with Gasteiger partial charge in [0.05, 0.1) is 0 Å². The zero-order chi connectivity index (χ0) is 20.1. The van der Waals surface area contributed by atoms with E-state index in [1.165, 1.54) is 5.56 Å². The van der Waals surface area contributed by atoms with Gasteiger partial charge in [-0.3, -0.25) is 9.69 Å². The summed E-state index contributed by atoms with van der Waals surface area (Å²) in [5, 5.41) is 3.80. The van der Waals surface area contributed by atoms with Gasteiger partial charge in [-0.25, -0.2) is 0 Å². The Morgan fingerprint density at radius 1 is 1.03 bits per heavy atom. The maximum Gasteiger partial charge on any atom is 0.257 e. The minimum absolute atomic E-state index is 0.0673. The van der Waals surface area contributed by atoms with E-state index in [4.69, 9.17) is 4.52 Å². The zero-order valence-corrected chi connectivity index (χ0v) is 16.5. The molecule has 3 aromatic rings. The van der Waals surface area contributed by atoms with Crippen molar-refractivity contribution >= 4 is 12.0 Å². The topological polar surface area (TPSA) is 62.5 Å². The van der Waals surface area contributed by atoms with Crippen LogP contribution in [0.5, 0.6) is 0 Å². The van der Waals surface area contributed by atoms with Crippen molar-refractivity contribution in [3.63, 3.8) is 0 Å². The molecule has 1 saturated heterocycles. The molecule has 0 bridgehead atoms. The molecule has 6 heteroatoms. The summed E-state index contributed by atoms with van der Waals surface area (Å²) in [6, 6.07) is 17.6. The smallest absolute Gasteiger partial charge is 0.257 e. The first-order chi connectivity index (χ1) is 14.2. The van der Waals surface area contributed by atoms with Crippen LogP contribution in [0.25, 0.3) is 17.5 Å². The van der Waals surface area contributed by atoms with Crippen molar-refractivity contribution in [1.82, 2.24) is 19.9 Å². The molecule has 1 aromatic heterocycles. The van der Waals surface area contributed by atoms with E-state index in [0.717, 1.165) is 38.3 Å². The van der Waals surface area contributed by atoms with Crippen LogP contribution in [0.15, 0.2) is 65.2 Å². The van der Waals surface area contributed by atoms with Crippen molar-refractivity contribution in [1.29, 1.82) is 0 Å². The van der Waals surface area contributed by atoms with Crippen molar-refractivity contribution in [3.05, 3.63) is 77.6 Å². The number of aryl methyl sites for hydroxylation is 1. The molecular weight excluding hydrogens is 364 g/mol. The molecule has 0 saturated carbocycles. The van der Waals surface area contributed by atoms with Crippen LogP contribution < -0.4 is 0 Å². The van der Waals surface area contributed by atoms with Crippen LogP contribution in [0.2, 0.25) is 0 Å². The number of amides is 1. The largest absolute Gasteiger partial charge is 0.336 e. The van der Waals surface area contributed by atoms with E-state index in [1.807, 2.05) is 47.4 Å². The van der Waals surface area contributed by atoms with Gasteiger partial charge in [-0.2, -0.15) is 4.98 Å². The van der Waals surface area contributed by atoms with Gasteiger partial charge < -0.3 is 9.42 Å². The quantitative estimate of drug-likeness (QED) is 0.669. The average Bonchev–Trinajstić information content (AvgIpc) is 3.21. The summed E-state index contributed by atoms with van der Waals surface area (Å²) in [6.45, 7) is 5.91. The van der Waals surface area contributed by atoms with E-state index in [-0.39, 0.29) is 5.91 Å². The monoisotopic (exact) mass is 388 g/mol. The van der Waals surface area contributed by atoms with Crippen molar-refractivity contribution in [3.8, 4) is 11.5 Å². The summed E-state index contributed by atoms with van der Waals surface area (Å²) in [5.41, 5.74) is 2.71. The maximum atomic E-state index is 12.8. The van der Waals surface area contributed by atoms with Gasteiger partial charge in [0.25, 0.3) is 11.8 Å². The second kappa shape index (κ2) is 8.84. The normalized spacial score (nSPS) is 15.1. The molecule has 0 radical (unpaired) electrons. The maximum absolute atomic E-state index is 12.8. The highest BCUT2D eigenvalue weighted by molar-refractivity contribution is 5.94. The van der Waals surface area contributed by atoms with Crippen molar-refractivity contribution < 1.29 is 9.32 Å². The highest BCUT2D eigenvalue weighted by Gasteiger charge is 2.21. The van der Waals surface area contributed by atoms with Crippen LogP contribution >= 0.6 is 0 Å². The Balaban J connectivity index is 1.29. The minimum Gasteiger partial charge on any atom is -0.336 e. The summed E-state index contributed by atoms with van der Waals surface area (Å²) in [6.07, 6.45) is 4.33. The Kier molecular flexibility index (Phi) is 5.81. The highest BCUT2D eigenvalue weighted by atomic mass is 16.5. The minimum atomic E-state index is 0.0673. The third-order valence-corrected chi connectivity index (χ3v) is 5.04. The number of piperazine rings is 1. The molecule has 0 unspecified atom stereocenters. The Morgan fingerprint density at radius 2 is 1.76 bits per heavy atom. The summed E-state index contributed by atoms with van der Waals surface area (Å²) in [5.74, 6) is 1.13. The predicted octanol–water partition coefficient (Wildman–Crippen LogP) is 3.52. The Morgan fingerprint density at radius 3 is 2.41 bits per heavy atom. The van der Waals surface area contributed by atoms with Gasteiger partial charge in [0.1, 0.15) is 0 Å². The first-order valence-corrected chi connectivity index (χ1v) is 9.83. The van der Waals surface area contributed by atoms with Crippen LogP contribution in [-0.4, -0.2) is 58.6 Å². The molecule has 1 fully saturated rings. The molecule has 0 atom stereocenters. The molecule has 6 nitrogen and oxygen atoms in total. The van der Waals surface area contributed by atoms with Crippen molar-refractivity contribution in [2.45, 2.75) is 6.92 Å². The fraction of sp³-hybridized carbons (Fsp3) is 0.261. The lowest BCUT2D eigenvalue weighted by Crippen LogP contribution is -2.48. The predicted molar refractivity (Wildman–Crippen MR) is 112 cm³/mol. The van der Waals surface area contributed by atoms with E-state index in [0.29, 0.717) is 17.3 Å². The highest BCUT2D eigenvalue weighted by Crippen LogP contribution is 2.18. The number of carbonyl (C=O) groups is 1. The lowest BCUT2D eigenvalue weighted by molar-refractivity contribution is 0.0650. The number of aromatic nitrogens is 2. The molecule has 1 aliphatic heterocycles.